The lowest BCUT2D eigenvalue weighted by Gasteiger charge is -2.21. The van der Waals surface area contributed by atoms with Gasteiger partial charge >= 0.3 is 0 Å². The van der Waals surface area contributed by atoms with Crippen molar-refractivity contribution in [3.63, 3.8) is 0 Å². The molecule has 0 amide bonds. The molecule has 0 radical (unpaired) electrons. The Bertz CT molecular complexity index is 2450. The first-order valence-corrected chi connectivity index (χ1v) is 14.7. The van der Waals surface area contributed by atoms with Crippen molar-refractivity contribution < 1.29 is 4.42 Å². The molecule has 2 aromatic heterocycles. The summed E-state index contributed by atoms with van der Waals surface area (Å²) in [6.45, 7) is 4.58. The van der Waals surface area contributed by atoms with Crippen molar-refractivity contribution in [1.82, 2.24) is 4.57 Å². The number of para-hydroxylation sites is 2. The first kappa shape index (κ1) is 24.1. The minimum Gasteiger partial charge on any atom is -0.455 e. The predicted molar refractivity (Wildman–Crippen MR) is 176 cm³/mol. The van der Waals surface area contributed by atoms with Gasteiger partial charge in [0.05, 0.1) is 28.4 Å². The largest absolute Gasteiger partial charge is 0.455 e. The summed E-state index contributed by atoms with van der Waals surface area (Å²) < 4.78 is 8.94. The van der Waals surface area contributed by atoms with Gasteiger partial charge in [0.1, 0.15) is 11.2 Å². The zero-order valence-corrected chi connectivity index (χ0v) is 23.8. The molecule has 0 fully saturated rings. The fourth-order valence-electron chi connectivity index (χ4n) is 7.48. The standard InChI is InChI=1S/C40H26N2O/c1-40(2)31-14-6-3-13-29(31)38-32(40)20-19-28-30-22-24(18-21-36(30)43-39(28)38)37-25(23-41)10-9-17-35(37)42-33-15-7-4-11-26(33)27-12-5-8-16-34(27)42/h3-22H,1-2H3. The second-order valence-corrected chi connectivity index (χ2v) is 12.0. The maximum atomic E-state index is 10.3. The van der Waals surface area contributed by atoms with Crippen LogP contribution in [0.3, 0.4) is 0 Å². The second-order valence-electron chi connectivity index (χ2n) is 12.0. The lowest BCUT2D eigenvalue weighted by Crippen LogP contribution is -2.14. The SMILES string of the molecule is CC1(C)c2ccccc2-c2c1ccc1c2oc2ccc(-c3c(C#N)cccc3-n3c4ccccc4c4ccccc43)cc21. The number of benzene rings is 6. The highest BCUT2D eigenvalue weighted by Crippen LogP contribution is 2.52. The van der Waals surface area contributed by atoms with Crippen molar-refractivity contribution in [3.8, 4) is 34.0 Å². The molecule has 0 saturated heterocycles. The molecule has 0 saturated carbocycles. The number of furan rings is 1. The number of nitriles is 1. The summed E-state index contributed by atoms with van der Waals surface area (Å²) in [4.78, 5) is 0. The Labute approximate surface area is 248 Å². The van der Waals surface area contributed by atoms with Crippen molar-refractivity contribution in [2.45, 2.75) is 19.3 Å². The van der Waals surface area contributed by atoms with Crippen LogP contribution in [-0.4, -0.2) is 4.57 Å². The van der Waals surface area contributed by atoms with Gasteiger partial charge in [-0.3, -0.25) is 0 Å². The van der Waals surface area contributed by atoms with Crippen molar-refractivity contribution in [3.05, 3.63) is 138 Å². The van der Waals surface area contributed by atoms with Crippen LogP contribution >= 0.6 is 0 Å². The number of fused-ring (bicyclic) bond motifs is 10. The highest BCUT2D eigenvalue weighted by atomic mass is 16.3. The van der Waals surface area contributed by atoms with E-state index in [4.69, 9.17) is 4.42 Å². The first-order chi connectivity index (χ1) is 21.1. The molecule has 0 N–H and O–H groups in total. The van der Waals surface area contributed by atoms with Crippen LogP contribution in [0.15, 0.2) is 126 Å². The molecule has 0 unspecified atom stereocenters. The van der Waals surface area contributed by atoms with Gasteiger partial charge in [0.15, 0.2) is 0 Å². The van der Waals surface area contributed by atoms with Crippen LogP contribution in [0.5, 0.6) is 0 Å². The van der Waals surface area contributed by atoms with E-state index in [-0.39, 0.29) is 5.41 Å². The van der Waals surface area contributed by atoms with Crippen LogP contribution in [0, 0.1) is 11.3 Å². The van der Waals surface area contributed by atoms with Gasteiger partial charge in [-0.15, -0.1) is 0 Å². The molecular weight excluding hydrogens is 524 g/mol. The van der Waals surface area contributed by atoms with Crippen molar-refractivity contribution in [2.75, 3.05) is 0 Å². The summed E-state index contributed by atoms with van der Waals surface area (Å²) in [6, 6.07) is 45.0. The third-order valence-electron chi connectivity index (χ3n) is 9.46. The van der Waals surface area contributed by atoms with E-state index < -0.39 is 0 Å². The molecule has 9 rings (SSSR count). The third-order valence-corrected chi connectivity index (χ3v) is 9.46. The molecule has 1 aliphatic carbocycles. The molecule has 8 aromatic rings. The lowest BCUT2D eigenvalue weighted by molar-refractivity contribution is 0.653. The first-order valence-electron chi connectivity index (χ1n) is 14.7. The number of aromatic nitrogens is 1. The summed E-state index contributed by atoms with van der Waals surface area (Å²) in [5.74, 6) is 0. The van der Waals surface area contributed by atoms with E-state index in [2.05, 4.69) is 134 Å². The highest BCUT2D eigenvalue weighted by Gasteiger charge is 2.37. The number of rotatable bonds is 2. The van der Waals surface area contributed by atoms with E-state index in [0.717, 1.165) is 49.8 Å². The summed E-state index contributed by atoms with van der Waals surface area (Å²) in [5, 5.41) is 14.9. The zero-order chi connectivity index (χ0) is 28.9. The van der Waals surface area contributed by atoms with E-state index in [1.54, 1.807) is 0 Å². The molecule has 0 spiro atoms. The second kappa shape index (κ2) is 8.47. The van der Waals surface area contributed by atoms with Crippen LogP contribution in [0.2, 0.25) is 0 Å². The van der Waals surface area contributed by atoms with E-state index in [0.29, 0.717) is 5.56 Å². The summed E-state index contributed by atoms with van der Waals surface area (Å²) in [6.07, 6.45) is 0. The molecule has 0 aliphatic heterocycles. The van der Waals surface area contributed by atoms with Gasteiger partial charge in [0.2, 0.25) is 0 Å². The molecular formula is C40H26N2O. The van der Waals surface area contributed by atoms with Crippen LogP contribution in [-0.2, 0) is 5.41 Å². The summed E-state index contributed by atoms with van der Waals surface area (Å²) >= 11 is 0. The van der Waals surface area contributed by atoms with Crippen LogP contribution in [0.1, 0.15) is 30.5 Å². The average molecular weight is 551 g/mol. The molecule has 3 nitrogen and oxygen atoms in total. The van der Waals surface area contributed by atoms with Gasteiger partial charge in [-0.05, 0) is 58.7 Å². The summed E-state index contributed by atoms with van der Waals surface area (Å²) in [7, 11) is 0. The minimum absolute atomic E-state index is 0.0901. The fraction of sp³-hybridized carbons (Fsp3) is 0.0750. The maximum Gasteiger partial charge on any atom is 0.143 e. The Morgan fingerprint density at radius 1 is 0.628 bits per heavy atom. The predicted octanol–water partition coefficient (Wildman–Crippen LogP) is 10.5. The fourth-order valence-corrected chi connectivity index (χ4v) is 7.48. The molecule has 0 atom stereocenters. The molecule has 0 bridgehead atoms. The Kier molecular flexibility index (Phi) is 4.74. The van der Waals surface area contributed by atoms with E-state index >= 15 is 0 Å². The van der Waals surface area contributed by atoms with Crippen LogP contribution in [0.25, 0.3) is 71.7 Å². The summed E-state index contributed by atoms with van der Waals surface area (Å²) in [5.41, 5.74) is 12.5. The number of nitrogens with zero attached hydrogens (tertiary/aromatic N) is 2. The zero-order valence-electron chi connectivity index (χ0n) is 23.8. The third kappa shape index (κ3) is 3.13. The molecule has 202 valence electrons. The minimum atomic E-state index is -0.0901. The lowest BCUT2D eigenvalue weighted by atomic mass is 9.82. The van der Waals surface area contributed by atoms with E-state index in [1.807, 2.05) is 12.1 Å². The van der Waals surface area contributed by atoms with Gasteiger partial charge in [0.25, 0.3) is 0 Å². The van der Waals surface area contributed by atoms with Gasteiger partial charge in [-0.1, -0.05) is 98.8 Å². The van der Waals surface area contributed by atoms with Gasteiger partial charge in [-0.25, -0.2) is 0 Å². The molecule has 43 heavy (non-hydrogen) atoms. The molecule has 2 heterocycles. The highest BCUT2D eigenvalue weighted by molar-refractivity contribution is 6.13. The average Bonchev–Trinajstić information content (AvgIpc) is 3.66. The van der Waals surface area contributed by atoms with Crippen molar-refractivity contribution >= 4 is 43.7 Å². The van der Waals surface area contributed by atoms with Crippen LogP contribution in [0.4, 0.5) is 0 Å². The topological polar surface area (TPSA) is 41.9 Å². The van der Waals surface area contributed by atoms with Gasteiger partial charge in [0, 0.05) is 38.1 Å². The molecule has 6 aromatic carbocycles. The molecule has 1 aliphatic rings. The smallest absolute Gasteiger partial charge is 0.143 e. The maximum absolute atomic E-state index is 10.3. The Hall–Kier alpha value is -5.59. The Morgan fingerprint density at radius 2 is 1.35 bits per heavy atom. The van der Waals surface area contributed by atoms with E-state index in [9.17, 15) is 5.26 Å². The van der Waals surface area contributed by atoms with Crippen molar-refractivity contribution in [1.29, 1.82) is 5.26 Å². The van der Waals surface area contributed by atoms with Crippen molar-refractivity contribution in [2.24, 2.45) is 0 Å². The quantitative estimate of drug-likeness (QED) is 0.215. The van der Waals surface area contributed by atoms with Gasteiger partial charge in [-0.2, -0.15) is 5.26 Å². The molecule has 3 heteroatoms. The van der Waals surface area contributed by atoms with E-state index in [1.165, 1.54) is 33.0 Å². The van der Waals surface area contributed by atoms with Crippen LogP contribution < -0.4 is 0 Å². The number of hydrogen-bond donors (Lipinski definition) is 0. The Balaban J connectivity index is 1.33. The normalized spacial score (nSPS) is 13.5. The monoisotopic (exact) mass is 550 g/mol. The Morgan fingerprint density at radius 3 is 2.12 bits per heavy atom. The number of hydrogen-bond acceptors (Lipinski definition) is 2. The van der Waals surface area contributed by atoms with Gasteiger partial charge < -0.3 is 8.98 Å².